The Morgan fingerprint density at radius 2 is 1.92 bits per heavy atom. The minimum absolute atomic E-state index is 0.0389. The van der Waals surface area contributed by atoms with Crippen molar-refractivity contribution in [2.24, 2.45) is 0 Å². The number of hydrogen-bond donors (Lipinski definition) is 2. The summed E-state index contributed by atoms with van der Waals surface area (Å²) in [5.41, 5.74) is 2.66. The van der Waals surface area contributed by atoms with Crippen LogP contribution >= 0.6 is 0 Å². The molecule has 194 valence electrons. The topological polar surface area (TPSA) is 107 Å². The molecule has 0 radical (unpaired) electrons. The zero-order valence-corrected chi connectivity index (χ0v) is 21.6. The molecular weight excluding hydrogens is 472 g/mol. The number of ether oxygens (including phenoxy) is 2. The first-order chi connectivity index (χ1) is 17.7. The number of nitrogens with one attached hydrogen (secondary N) is 2. The van der Waals surface area contributed by atoms with E-state index >= 15 is 0 Å². The Morgan fingerprint density at radius 3 is 2.62 bits per heavy atom. The van der Waals surface area contributed by atoms with Crippen LogP contribution in [0, 0.1) is 6.92 Å². The minimum Gasteiger partial charge on any atom is -0.489 e. The molecular formula is C29H32N2O6. The van der Waals surface area contributed by atoms with E-state index in [9.17, 15) is 14.4 Å². The highest BCUT2D eigenvalue weighted by molar-refractivity contribution is 6.05. The summed E-state index contributed by atoms with van der Waals surface area (Å²) in [6.45, 7) is 8.88. The molecule has 1 amide bonds. The Hall–Kier alpha value is -3.91. The third-order valence-electron chi connectivity index (χ3n) is 6.20. The first-order valence-electron chi connectivity index (χ1n) is 12.4. The summed E-state index contributed by atoms with van der Waals surface area (Å²) in [4.78, 5) is 37.3. The van der Waals surface area contributed by atoms with Crippen LogP contribution < -0.4 is 25.7 Å². The second kappa shape index (κ2) is 11.4. The molecule has 2 N–H and O–H groups in total. The van der Waals surface area contributed by atoms with Gasteiger partial charge in [-0.05, 0) is 88.5 Å². The van der Waals surface area contributed by atoms with Crippen LogP contribution in [0.1, 0.15) is 55.1 Å². The van der Waals surface area contributed by atoms with Crippen molar-refractivity contribution in [2.45, 2.75) is 53.1 Å². The molecule has 37 heavy (non-hydrogen) atoms. The fourth-order valence-corrected chi connectivity index (χ4v) is 4.26. The monoisotopic (exact) mass is 504 g/mol. The van der Waals surface area contributed by atoms with Crippen molar-refractivity contribution in [3.8, 4) is 11.5 Å². The summed E-state index contributed by atoms with van der Waals surface area (Å²) in [5, 5.41) is 6.66. The molecule has 1 atom stereocenters. The van der Waals surface area contributed by atoms with Gasteiger partial charge in [-0.1, -0.05) is 11.6 Å². The van der Waals surface area contributed by atoms with Crippen molar-refractivity contribution in [3.63, 3.8) is 0 Å². The molecule has 1 aliphatic rings. The summed E-state index contributed by atoms with van der Waals surface area (Å²) in [6, 6.07) is 10.1. The Labute approximate surface area is 215 Å². The number of esters is 1. The van der Waals surface area contributed by atoms with E-state index in [0.717, 1.165) is 37.1 Å². The zero-order valence-electron chi connectivity index (χ0n) is 21.6. The highest BCUT2D eigenvalue weighted by Crippen LogP contribution is 2.29. The molecule has 8 nitrogen and oxygen atoms in total. The average molecular weight is 505 g/mol. The number of anilines is 1. The Balaban J connectivity index is 1.58. The zero-order chi connectivity index (χ0) is 26.5. The van der Waals surface area contributed by atoms with Gasteiger partial charge in [-0.2, -0.15) is 0 Å². The standard InChI is InChI=1S/C29H32N2O6/c1-17(2)7-8-20-14-22(10-12-26(20)35-19(4)32)28(33)31-24-15-21-9-11-25(18(3)27(21)37-29(24)34)36-23-6-5-13-30-16-23/h7,9-12,14-15,23,30H,5-6,8,13,16H2,1-4H3,(H,31,33). The van der Waals surface area contributed by atoms with Gasteiger partial charge in [-0.25, -0.2) is 4.79 Å². The number of fused-ring (bicyclic) bond motifs is 1. The lowest BCUT2D eigenvalue weighted by molar-refractivity contribution is -0.131. The van der Waals surface area contributed by atoms with Gasteiger partial charge in [0.25, 0.3) is 5.91 Å². The van der Waals surface area contributed by atoms with Crippen molar-refractivity contribution in [1.29, 1.82) is 0 Å². The van der Waals surface area contributed by atoms with Crippen LogP contribution in [0.25, 0.3) is 11.0 Å². The predicted octanol–water partition coefficient (Wildman–Crippen LogP) is 4.92. The van der Waals surface area contributed by atoms with Crippen molar-refractivity contribution < 1.29 is 23.5 Å². The van der Waals surface area contributed by atoms with Gasteiger partial charge in [0, 0.05) is 30.0 Å². The second-order valence-corrected chi connectivity index (χ2v) is 9.50. The normalized spacial score (nSPS) is 15.2. The van der Waals surface area contributed by atoms with Crippen LogP contribution in [0.15, 0.2) is 57.3 Å². The molecule has 0 saturated carbocycles. The van der Waals surface area contributed by atoms with Crippen molar-refractivity contribution in [1.82, 2.24) is 5.32 Å². The smallest absolute Gasteiger partial charge is 0.360 e. The number of piperidine rings is 1. The predicted molar refractivity (Wildman–Crippen MR) is 143 cm³/mol. The number of carbonyl (C=O) groups is 2. The number of carbonyl (C=O) groups excluding carboxylic acids is 2. The van der Waals surface area contributed by atoms with Crippen LogP contribution in [-0.4, -0.2) is 31.1 Å². The van der Waals surface area contributed by atoms with E-state index < -0.39 is 17.5 Å². The van der Waals surface area contributed by atoms with Crippen LogP contribution in [0.5, 0.6) is 11.5 Å². The number of hydrogen-bond acceptors (Lipinski definition) is 7. The fourth-order valence-electron chi connectivity index (χ4n) is 4.26. The quantitative estimate of drug-likeness (QED) is 0.204. The van der Waals surface area contributed by atoms with E-state index in [1.807, 2.05) is 39.0 Å². The minimum atomic E-state index is -0.651. The van der Waals surface area contributed by atoms with Gasteiger partial charge in [-0.15, -0.1) is 0 Å². The average Bonchev–Trinajstić information content (AvgIpc) is 2.86. The van der Waals surface area contributed by atoms with Gasteiger partial charge in [-0.3, -0.25) is 9.59 Å². The molecule has 1 fully saturated rings. The second-order valence-electron chi connectivity index (χ2n) is 9.50. The van der Waals surface area contributed by atoms with Gasteiger partial charge < -0.3 is 24.5 Å². The first kappa shape index (κ1) is 26.2. The first-order valence-corrected chi connectivity index (χ1v) is 12.4. The largest absolute Gasteiger partial charge is 0.489 e. The van der Waals surface area contributed by atoms with Crippen LogP contribution in [-0.2, 0) is 11.2 Å². The van der Waals surface area contributed by atoms with E-state index in [4.69, 9.17) is 13.9 Å². The third kappa shape index (κ3) is 6.46. The van der Waals surface area contributed by atoms with Gasteiger partial charge >= 0.3 is 11.6 Å². The number of amides is 1. The fraction of sp³-hybridized carbons (Fsp3) is 0.345. The highest BCUT2D eigenvalue weighted by atomic mass is 16.5. The van der Waals surface area contributed by atoms with Crippen molar-refractivity contribution in [3.05, 3.63) is 75.2 Å². The third-order valence-corrected chi connectivity index (χ3v) is 6.20. The molecule has 3 aromatic rings. The molecule has 2 aromatic carbocycles. The summed E-state index contributed by atoms with van der Waals surface area (Å²) >= 11 is 0. The maximum absolute atomic E-state index is 13.0. The molecule has 0 aliphatic carbocycles. The molecule has 0 bridgehead atoms. The summed E-state index contributed by atoms with van der Waals surface area (Å²) in [7, 11) is 0. The van der Waals surface area contributed by atoms with Crippen LogP contribution in [0.2, 0.25) is 0 Å². The number of allylic oxidation sites excluding steroid dienone is 2. The molecule has 2 heterocycles. The number of rotatable bonds is 7. The maximum atomic E-state index is 13.0. The van der Waals surface area contributed by atoms with Gasteiger partial charge in [0.15, 0.2) is 0 Å². The lowest BCUT2D eigenvalue weighted by Crippen LogP contribution is -2.37. The van der Waals surface area contributed by atoms with E-state index in [2.05, 4.69) is 10.6 Å². The van der Waals surface area contributed by atoms with Gasteiger partial charge in [0.05, 0.1) is 0 Å². The van der Waals surface area contributed by atoms with Gasteiger partial charge in [0.1, 0.15) is 28.9 Å². The molecule has 8 heteroatoms. The highest BCUT2D eigenvalue weighted by Gasteiger charge is 2.19. The van der Waals surface area contributed by atoms with Crippen LogP contribution in [0.3, 0.4) is 0 Å². The van der Waals surface area contributed by atoms with Crippen LogP contribution in [0.4, 0.5) is 5.69 Å². The molecule has 0 spiro atoms. The van der Waals surface area contributed by atoms with Crippen molar-refractivity contribution >= 4 is 28.5 Å². The Bertz CT molecular complexity index is 1410. The number of benzene rings is 2. The number of aryl methyl sites for hydroxylation is 1. The molecule has 1 aliphatic heterocycles. The summed E-state index contributed by atoms with van der Waals surface area (Å²) in [5.74, 6) is 0.159. The molecule has 1 unspecified atom stereocenters. The Kier molecular flexibility index (Phi) is 8.08. The van der Waals surface area contributed by atoms with E-state index in [-0.39, 0.29) is 11.8 Å². The van der Waals surface area contributed by atoms with Crippen molar-refractivity contribution in [2.75, 3.05) is 18.4 Å². The molecule has 1 saturated heterocycles. The van der Waals surface area contributed by atoms with E-state index in [1.165, 1.54) is 6.92 Å². The summed E-state index contributed by atoms with van der Waals surface area (Å²) < 4.78 is 17.0. The lowest BCUT2D eigenvalue weighted by Gasteiger charge is -2.24. The molecule has 1 aromatic heterocycles. The summed E-state index contributed by atoms with van der Waals surface area (Å²) in [6.07, 6.45) is 4.57. The maximum Gasteiger partial charge on any atom is 0.360 e. The van der Waals surface area contributed by atoms with E-state index in [0.29, 0.717) is 40.0 Å². The van der Waals surface area contributed by atoms with E-state index in [1.54, 1.807) is 24.3 Å². The molecule has 4 rings (SSSR count). The lowest BCUT2D eigenvalue weighted by atomic mass is 10.0. The van der Waals surface area contributed by atoms with Gasteiger partial charge in [0.2, 0.25) is 0 Å². The Morgan fingerprint density at radius 1 is 1.14 bits per heavy atom. The SMILES string of the molecule is CC(=O)Oc1ccc(C(=O)Nc2cc3ccc(OC4CCCNC4)c(C)c3oc2=O)cc1CC=C(C)C.